The summed E-state index contributed by atoms with van der Waals surface area (Å²) < 4.78 is 8.96. The lowest BCUT2D eigenvalue weighted by Gasteiger charge is -2.16. The standard InChI is InChI=1S/C22H21N3O4/c1-4-29-20(26)18-15(3)24-21(27)23(17-8-6-5-7-9-17)22(28)25(24)19(18)16-12-10-14(2)11-13-16/h5-13,19H,4H2,1-3H3. The molecule has 0 spiro atoms. The number of para-hydroxylation sites is 1. The monoisotopic (exact) mass is 391 g/mol. The number of benzene rings is 2. The normalized spacial score (nSPS) is 15.5. The molecular formula is C22H21N3O4. The van der Waals surface area contributed by atoms with Crippen molar-refractivity contribution in [1.29, 1.82) is 0 Å². The third-order valence-electron chi connectivity index (χ3n) is 5.10. The minimum atomic E-state index is -0.736. The molecule has 0 radical (unpaired) electrons. The number of carbonyl (C=O) groups is 1. The Hall–Kier alpha value is -3.61. The van der Waals surface area contributed by atoms with E-state index in [9.17, 15) is 14.4 Å². The molecular weight excluding hydrogens is 370 g/mol. The average Bonchev–Trinajstić information content (AvgIpc) is 3.16. The Labute approximate surface area is 167 Å². The topological polar surface area (TPSA) is 75.2 Å². The van der Waals surface area contributed by atoms with Crippen LogP contribution < -0.4 is 11.4 Å². The number of allylic oxidation sites excluding steroid dienone is 1. The van der Waals surface area contributed by atoms with Gasteiger partial charge < -0.3 is 4.74 Å². The fourth-order valence-electron chi connectivity index (χ4n) is 3.74. The Morgan fingerprint density at radius 2 is 1.62 bits per heavy atom. The zero-order valence-corrected chi connectivity index (χ0v) is 16.5. The molecule has 0 bridgehead atoms. The number of aryl methyl sites for hydroxylation is 1. The van der Waals surface area contributed by atoms with Crippen molar-refractivity contribution in [3.05, 3.63) is 92.3 Å². The lowest BCUT2D eigenvalue weighted by atomic mass is 9.97. The summed E-state index contributed by atoms with van der Waals surface area (Å²) in [5.41, 5.74) is 1.93. The van der Waals surface area contributed by atoms with Gasteiger partial charge in [0.1, 0.15) is 6.04 Å². The summed E-state index contributed by atoms with van der Waals surface area (Å²) >= 11 is 0. The molecule has 1 aliphatic rings. The van der Waals surface area contributed by atoms with E-state index in [-0.39, 0.29) is 6.61 Å². The number of aromatic nitrogens is 3. The third kappa shape index (κ3) is 2.86. The molecule has 1 unspecified atom stereocenters. The van der Waals surface area contributed by atoms with Gasteiger partial charge in [-0.15, -0.1) is 0 Å². The van der Waals surface area contributed by atoms with Crippen LogP contribution in [-0.4, -0.2) is 26.5 Å². The predicted octanol–water partition coefficient (Wildman–Crippen LogP) is 2.51. The number of nitrogens with zero attached hydrogens (tertiary/aromatic N) is 3. The van der Waals surface area contributed by atoms with Crippen molar-refractivity contribution >= 4 is 11.7 Å². The summed E-state index contributed by atoms with van der Waals surface area (Å²) in [6.07, 6.45) is 0. The lowest BCUT2D eigenvalue weighted by molar-refractivity contribution is -0.138. The smallest absolute Gasteiger partial charge is 0.356 e. The van der Waals surface area contributed by atoms with Gasteiger partial charge in [0, 0.05) is 0 Å². The van der Waals surface area contributed by atoms with Gasteiger partial charge in [-0.25, -0.2) is 28.3 Å². The van der Waals surface area contributed by atoms with Gasteiger partial charge in [0.15, 0.2) is 0 Å². The van der Waals surface area contributed by atoms with Crippen molar-refractivity contribution in [2.45, 2.75) is 26.8 Å². The fraction of sp³-hybridized carbons (Fsp3) is 0.227. The molecule has 0 amide bonds. The highest BCUT2D eigenvalue weighted by atomic mass is 16.5. The second-order valence-electron chi connectivity index (χ2n) is 6.93. The molecule has 0 aliphatic carbocycles. The first-order valence-corrected chi connectivity index (χ1v) is 9.42. The van der Waals surface area contributed by atoms with Crippen molar-refractivity contribution in [2.75, 3.05) is 6.61 Å². The minimum absolute atomic E-state index is 0.203. The number of carbonyl (C=O) groups excluding carboxylic acids is 1. The summed E-state index contributed by atoms with van der Waals surface area (Å²) in [6.45, 7) is 5.54. The van der Waals surface area contributed by atoms with Gasteiger partial charge in [-0.3, -0.25) is 0 Å². The summed E-state index contributed by atoms with van der Waals surface area (Å²) in [6, 6.07) is 15.5. The van der Waals surface area contributed by atoms with Gasteiger partial charge >= 0.3 is 17.3 Å². The van der Waals surface area contributed by atoms with Crippen LogP contribution in [0, 0.1) is 6.92 Å². The van der Waals surface area contributed by atoms with E-state index in [0.29, 0.717) is 17.0 Å². The molecule has 7 nitrogen and oxygen atoms in total. The molecule has 1 aromatic heterocycles. The second kappa shape index (κ2) is 7.09. The van der Waals surface area contributed by atoms with Gasteiger partial charge in [0.2, 0.25) is 0 Å². The van der Waals surface area contributed by atoms with Gasteiger partial charge in [0.25, 0.3) is 0 Å². The highest BCUT2D eigenvalue weighted by molar-refractivity contribution is 5.97. The molecule has 148 valence electrons. The number of ether oxygens (including phenoxy) is 1. The van der Waals surface area contributed by atoms with E-state index < -0.39 is 23.4 Å². The summed E-state index contributed by atoms with van der Waals surface area (Å²) in [4.78, 5) is 39.2. The Morgan fingerprint density at radius 3 is 2.24 bits per heavy atom. The Morgan fingerprint density at radius 1 is 0.966 bits per heavy atom. The minimum Gasteiger partial charge on any atom is -0.463 e. The number of rotatable bonds is 4. The van der Waals surface area contributed by atoms with Crippen molar-refractivity contribution in [3.8, 4) is 5.69 Å². The highest BCUT2D eigenvalue weighted by Crippen LogP contribution is 2.35. The SMILES string of the molecule is CCOC(=O)C1=C(C)n2c(=O)n(-c3ccccc3)c(=O)n2C1c1ccc(C)cc1. The highest BCUT2D eigenvalue weighted by Gasteiger charge is 2.39. The van der Waals surface area contributed by atoms with E-state index >= 15 is 0 Å². The predicted molar refractivity (Wildman–Crippen MR) is 109 cm³/mol. The average molecular weight is 391 g/mol. The van der Waals surface area contributed by atoms with Crippen LogP contribution in [0.1, 0.15) is 31.0 Å². The van der Waals surface area contributed by atoms with Gasteiger partial charge in [-0.05, 0) is 38.5 Å². The molecule has 0 fully saturated rings. The molecule has 7 heteroatoms. The van der Waals surface area contributed by atoms with Crippen LogP contribution in [0.15, 0.2) is 69.8 Å². The molecule has 1 atom stereocenters. The first-order valence-electron chi connectivity index (χ1n) is 9.42. The zero-order valence-electron chi connectivity index (χ0n) is 16.5. The van der Waals surface area contributed by atoms with E-state index in [1.54, 1.807) is 38.1 Å². The fourth-order valence-corrected chi connectivity index (χ4v) is 3.74. The number of fused-ring (bicyclic) bond motifs is 1. The first-order chi connectivity index (χ1) is 14.0. The van der Waals surface area contributed by atoms with E-state index in [4.69, 9.17) is 4.74 Å². The largest absolute Gasteiger partial charge is 0.463 e. The second-order valence-corrected chi connectivity index (χ2v) is 6.93. The number of hydrogen-bond acceptors (Lipinski definition) is 4. The van der Waals surface area contributed by atoms with Gasteiger partial charge in [-0.1, -0.05) is 48.0 Å². The number of esters is 1. The quantitative estimate of drug-likeness (QED) is 0.641. The summed E-state index contributed by atoms with van der Waals surface area (Å²) in [5, 5.41) is 0. The van der Waals surface area contributed by atoms with Crippen LogP contribution in [0.5, 0.6) is 0 Å². The third-order valence-corrected chi connectivity index (χ3v) is 5.10. The molecule has 2 aromatic carbocycles. The molecule has 4 rings (SSSR count). The van der Waals surface area contributed by atoms with E-state index in [1.807, 2.05) is 37.3 Å². The van der Waals surface area contributed by atoms with Crippen molar-refractivity contribution in [2.24, 2.45) is 0 Å². The maximum absolute atomic E-state index is 13.3. The van der Waals surface area contributed by atoms with Crippen LogP contribution in [0.4, 0.5) is 0 Å². The zero-order chi connectivity index (χ0) is 20.7. The Balaban J connectivity index is 2.01. The van der Waals surface area contributed by atoms with Crippen molar-refractivity contribution in [3.63, 3.8) is 0 Å². The van der Waals surface area contributed by atoms with Crippen LogP contribution in [0.3, 0.4) is 0 Å². The molecule has 29 heavy (non-hydrogen) atoms. The Kier molecular flexibility index (Phi) is 4.58. The van der Waals surface area contributed by atoms with Crippen molar-refractivity contribution in [1.82, 2.24) is 13.9 Å². The maximum Gasteiger partial charge on any atom is 0.356 e. The molecule has 0 saturated carbocycles. The number of hydrogen-bond donors (Lipinski definition) is 0. The Bertz CT molecular complexity index is 1230. The van der Waals surface area contributed by atoms with Gasteiger partial charge in [-0.2, -0.15) is 0 Å². The van der Waals surface area contributed by atoms with Crippen LogP contribution in [-0.2, 0) is 9.53 Å². The molecule has 3 aromatic rings. The summed E-state index contributed by atoms with van der Waals surface area (Å²) in [7, 11) is 0. The maximum atomic E-state index is 13.3. The molecule has 2 heterocycles. The van der Waals surface area contributed by atoms with Crippen LogP contribution in [0.25, 0.3) is 11.4 Å². The van der Waals surface area contributed by atoms with E-state index in [0.717, 1.165) is 15.7 Å². The van der Waals surface area contributed by atoms with E-state index in [1.165, 1.54) is 9.36 Å². The molecule has 0 saturated heterocycles. The first kappa shape index (κ1) is 18.7. The van der Waals surface area contributed by atoms with E-state index in [2.05, 4.69) is 0 Å². The van der Waals surface area contributed by atoms with Crippen LogP contribution >= 0.6 is 0 Å². The van der Waals surface area contributed by atoms with Gasteiger partial charge in [0.05, 0.1) is 23.6 Å². The van der Waals surface area contributed by atoms with Crippen LogP contribution in [0.2, 0.25) is 0 Å². The molecule has 1 aliphatic heterocycles. The van der Waals surface area contributed by atoms with Crippen molar-refractivity contribution < 1.29 is 9.53 Å². The summed E-state index contributed by atoms with van der Waals surface area (Å²) in [5.74, 6) is -0.531. The molecule has 0 N–H and O–H groups in total. The lowest BCUT2D eigenvalue weighted by Crippen LogP contribution is -2.31.